The summed E-state index contributed by atoms with van der Waals surface area (Å²) in [4.78, 5) is 12.3. The molecule has 0 aliphatic heterocycles. The maximum atomic E-state index is 12.3. The van der Waals surface area contributed by atoms with Crippen LogP contribution in [0.2, 0.25) is 0 Å². The monoisotopic (exact) mass is 346 g/mol. The molecule has 0 N–H and O–H groups in total. The molecule has 0 unspecified atom stereocenters. The van der Waals surface area contributed by atoms with E-state index < -0.39 is 0 Å². The van der Waals surface area contributed by atoms with E-state index in [0.717, 1.165) is 21.3 Å². The lowest BCUT2D eigenvalue weighted by molar-refractivity contribution is 0.0991. The van der Waals surface area contributed by atoms with Crippen LogP contribution < -0.4 is 0 Å². The molecule has 1 fully saturated rings. The highest BCUT2D eigenvalue weighted by Gasteiger charge is 2.18. The molecule has 1 saturated carbocycles. The number of carbonyl (C=O) groups is 1. The number of Topliss-reactive ketones (excluding diaryl/α,β-unsaturated/α-hetero) is 1. The van der Waals surface area contributed by atoms with E-state index in [1.807, 2.05) is 42.1 Å². The van der Waals surface area contributed by atoms with Crippen LogP contribution in [0.4, 0.5) is 0 Å². The van der Waals surface area contributed by atoms with Crippen LogP contribution in [-0.4, -0.2) is 15.6 Å². The number of rotatable bonds is 4. The first-order valence-corrected chi connectivity index (χ1v) is 8.26. The van der Waals surface area contributed by atoms with E-state index in [1.54, 1.807) is 0 Å². The first-order valence-electron chi connectivity index (χ1n) is 7.47. The van der Waals surface area contributed by atoms with Crippen LogP contribution in [0, 0.1) is 6.92 Å². The maximum absolute atomic E-state index is 12.3. The molecule has 0 spiro atoms. The molecule has 1 aliphatic carbocycles. The Morgan fingerprint density at radius 3 is 2.81 bits per heavy atom. The van der Waals surface area contributed by atoms with Gasteiger partial charge in [0.15, 0.2) is 5.78 Å². The average Bonchev–Trinajstić information content (AvgIpc) is 3.12. The fraction of sp³-hybridized carbons (Fsp3) is 0.412. The molecular weight excluding hydrogens is 328 g/mol. The lowest BCUT2D eigenvalue weighted by Gasteiger charge is -2.08. The van der Waals surface area contributed by atoms with Crippen molar-refractivity contribution in [2.45, 2.75) is 45.1 Å². The normalized spacial score (nSPS) is 15.5. The van der Waals surface area contributed by atoms with Crippen molar-refractivity contribution >= 4 is 21.7 Å². The van der Waals surface area contributed by atoms with Crippen LogP contribution in [0.5, 0.6) is 0 Å². The zero-order valence-electron chi connectivity index (χ0n) is 12.2. The van der Waals surface area contributed by atoms with Crippen LogP contribution in [-0.2, 0) is 6.42 Å². The van der Waals surface area contributed by atoms with Crippen LogP contribution in [0.15, 0.2) is 34.9 Å². The van der Waals surface area contributed by atoms with Crippen LogP contribution >= 0.6 is 15.9 Å². The largest absolute Gasteiger partial charge is 0.294 e. The van der Waals surface area contributed by atoms with Gasteiger partial charge in [0.05, 0.1) is 18.2 Å². The number of hydrogen-bond donors (Lipinski definition) is 0. The maximum Gasteiger partial charge on any atom is 0.168 e. The van der Waals surface area contributed by atoms with Gasteiger partial charge in [-0.15, -0.1) is 0 Å². The van der Waals surface area contributed by atoms with Gasteiger partial charge in [-0.3, -0.25) is 9.48 Å². The van der Waals surface area contributed by atoms with Gasteiger partial charge in [-0.2, -0.15) is 5.10 Å². The molecule has 2 aromatic rings. The first-order chi connectivity index (χ1) is 10.1. The highest BCUT2D eigenvalue weighted by Crippen LogP contribution is 2.28. The van der Waals surface area contributed by atoms with Gasteiger partial charge in [-0.05, 0) is 37.5 Å². The number of halogens is 1. The third kappa shape index (κ3) is 3.26. The fourth-order valence-electron chi connectivity index (χ4n) is 2.88. The summed E-state index contributed by atoms with van der Waals surface area (Å²) in [6.07, 6.45) is 7.38. The van der Waals surface area contributed by atoms with Gasteiger partial charge >= 0.3 is 0 Å². The molecule has 3 rings (SSSR count). The number of carbonyl (C=O) groups excluding carboxylic acids is 1. The number of nitrogens with zero attached hydrogens (tertiary/aromatic N) is 2. The predicted octanol–water partition coefficient (Wildman–Crippen LogP) is 4.49. The van der Waals surface area contributed by atoms with Gasteiger partial charge in [0.1, 0.15) is 0 Å². The Bertz CT molecular complexity index is 657. The van der Waals surface area contributed by atoms with E-state index in [-0.39, 0.29) is 5.78 Å². The van der Waals surface area contributed by atoms with Gasteiger partial charge < -0.3 is 0 Å². The summed E-state index contributed by atoms with van der Waals surface area (Å²) in [5, 5.41) is 4.58. The smallest absolute Gasteiger partial charge is 0.168 e. The zero-order valence-corrected chi connectivity index (χ0v) is 13.8. The molecule has 21 heavy (non-hydrogen) atoms. The molecule has 3 nitrogen and oxygen atoms in total. The average molecular weight is 347 g/mol. The van der Waals surface area contributed by atoms with E-state index in [1.165, 1.54) is 25.7 Å². The minimum atomic E-state index is 0.118. The Hall–Kier alpha value is -1.42. The van der Waals surface area contributed by atoms with Crippen molar-refractivity contribution in [1.29, 1.82) is 0 Å². The molecule has 0 amide bonds. The molecule has 0 bridgehead atoms. The van der Waals surface area contributed by atoms with Gasteiger partial charge in [0.25, 0.3) is 0 Å². The quantitative estimate of drug-likeness (QED) is 0.764. The van der Waals surface area contributed by atoms with Crippen molar-refractivity contribution in [3.63, 3.8) is 0 Å². The predicted molar refractivity (Wildman–Crippen MR) is 86.6 cm³/mol. The van der Waals surface area contributed by atoms with E-state index in [2.05, 4.69) is 21.0 Å². The van der Waals surface area contributed by atoms with Crippen molar-refractivity contribution in [3.05, 3.63) is 51.8 Å². The van der Waals surface area contributed by atoms with Gasteiger partial charge in [-0.25, -0.2) is 0 Å². The lowest BCUT2D eigenvalue weighted by atomic mass is 10.1. The summed E-state index contributed by atoms with van der Waals surface area (Å²) in [6, 6.07) is 8.25. The second-order valence-electron chi connectivity index (χ2n) is 5.79. The number of benzene rings is 1. The lowest BCUT2D eigenvalue weighted by Crippen LogP contribution is -2.08. The summed E-state index contributed by atoms with van der Waals surface area (Å²) in [6.45, 7) is 2.02. The summed E-state index contributed by atoms with van der Waals surface area (Å²) in [5.41, 5.74) is 2.74. The Kier molecular flexibility index (Phi) is 4.24. The minimum Gasteiger partial charge on any atom is -0.294 e. The second kappa shape index (κ2) is 6.14. The number of aromatic nitrogens is 2. The number of aryl methyl sites for hydroxylation is 1. The third-order valence-corrected chi connectivity index (χ3v) is 5.05. The molecule has 1 aromatic heterocycles. The number of hydrogen-bond acceptors (Lipinski definition) is 2. The van der Waals surface area contributed by atoms with Crippen molar-refractivity contribution < 1.29 is 4.79 Å². The Morgan fingerprint density at radius 2 is 2.10 bits per heavy atom. The van der Waals surface area contributed by atoms with Crippen molar-refractivity contribution in [1.82, 2.24) is 9.78 Å². The standard InChI is InChI=1S/C17H19BrN2O/c1-12-6-7-13(10-16(12)18)17(21)11-14-8-9-20(19-14)15-4-2-3-5-15/h6-10,15H,2-5,11H2,1H3. The summed E-state index contributed by atoms with van der Waals surface area (Å²) >= 11 is 3.48. The van der Waals surface area contributed by atoms with Crippen LogP contribution in [0.25, 0.3) is 0 Å². The van der Waals surface area contributed by atoms with Gasteiger partial charge in [0.2, 0.25) is 0 Å². The molecule has 0 radical (unpaired) electrons. The molecular formula is C17H19BrN2O. The third-order valence-electron chi connectivity index (χ3n) is 4.20. The topological polar surface area (TPSA) is 34.9 Å². The Balaban J connectivity index is 1.70. The first kappa shape index (κ1) is 14.5. The second-order valence-corrected chi connectivity index (χ2v) is 6.64. The van der Waals surface area contributed by atoms with E-state index in [0.29, 0.717) is 12.5 Å². The summed E-state index contributed by atoms with van der Waals surface area (Å²) in [5.74, 6) is 0.118. The molecule has 0 atom stereocenters. The van der Waals surface area contributed by atoms with Crippen molar-refractivity contribution in [2.75, 3.05) is 0 Å². The molecule has 1 aliphatic rings. The SMILES string of the molecule is Cc1ccc(C(=O)Cc2ccn(C3CCCC3)n2)cc1Br. The summed E-state index contributed by atoms with van der Waals surface area (Å²) in [7, 11) is 0. The van der Waals surface area contributed by atoms with Crippen molar-refractivity contribution in [3.8, 4) is 0 Å². The van der Waals surface area contributed by atoms with Gasteiger partial charge in [-0.1, -0.05) is 40.9 Å². The highest BCUT2D eigenvalue weighted by molar-refractivity contribution is 9.10. The molecule has 110 valence electrons. The molecule has 1 heterocycles. The molecule has 4 heteroatoms. The van der Waals surface area contributed by atoms with Gasteiger partial charge in [0, 0.05) is 16.2 Å². The van der Waals surface area contributed by atoms with Crippen LogP contribution in [0.1, 0.15) is 53.3 Å². The van der Waals surface area contributed by atoms with Crippen LogP contribution in [0.3, 0.4) is 0 Å². The fourth-order valence-corrected chi connectivity index (χ4v) is 3.26. The molecule has 0 saturated heterocycles. The minimum absolute atomic E-state index is 0.118. The van der Waals surface area contributed by atoms with E-state index in [9.17, 15) is 4.79 Å². The molecule has 1 aromatic carbocycles. The zero-order chi connectivity index (χ0) is 14.8. The summed E-state index contributed by atoms with van der Waals surface area (Å²) < 4.78 is 3.02. The van der Waals surface area contributed by atoms with E-state index >= 15 is 0 Å². The van der Waals surface area contributed by atoms with Crippen molar-refractivity contribution in [2.24, 2.45) is 0 Å². The Morgan fingerprint density at radius 1 is 1.33 bits per heavy atom. The highest BCUT2D eigenvalue weighted by atomic mass is 79.9. The Labute approximate surface area is 133 Å². The van der Waals surface area contributed by atoms with E-state index in [4.69, 9.17) is 0 Å². The number of ketones is 1.